The van der Waals surface area contributed by atoms with Crippen LogP contribution in [0.15, 0.2) is 20.0 Å². The Balaban J connectivity index is 1.90. The molecule has 0 radical (unpaired) electrons. The number of sulfonamides is 1. The second-order valence-corrected chi connectivity index (χ2v) is 8.46. The molecule has 1 saturated heterocycles. The summed E-state index contributed by atoms with van der Waals surface area (Å²) in [5, 5.41) is 9.11. The number of aliphatic hydroxyl groups excluding tert-OH is 1. The molecule has 1 aliphatic carbocycles. The molecule has 1 aliphatic heterocycles. The van der Waals surface area contributed by atoms with Gasteiger partial charge in [0.25, 0.3) is 0 Å². The normalized spacial score (nSPS) is 25.0. The molecule has 2 aliphatic rings. The molecule has 118 valence electrons. The molecule has 1 aromatic rings. The maximum absolute atomic E-state index is 12.9. The molecule has 0 amide bonds. The van der Waals surface area contributed by atoms with Gasteiger partial charge in [-0.1, -0.05) is 12.8 Å². The minimum atomic E-state index is -3.56. The highest BCUT2D eigenvalue weighted by Crippen LogP contribution is 2.39. The van der Waals surface area contributed by atoms with E-state index in [-0.39, 0.29) is 28.0 Å². The van der Waals surface area contributed by atoms with E-state index < -0.39 is 10.0 Å². The Kier molecular flexibility index (Phi) is 4.45. The summed E-state index contributed by atoms with van der Waals surface area (Å²) in [7, 11) is -3.56. The van der Waals surface area contributed by atoms with Crippen LogP contribution in [0.3, 0.4) is 0 Å². The third kappa shape index (κ3) is 2.81. The lowest BCUT2D eigenvalue weighted by Gasteiger charge is -2.28. The zero-order valence-corrected chi connectivity index (χ0v) is 14.2. The van der Waals surface area contributed by atoms with Crippen LogP contribution in [0.5, 0.6) is 0 Å². The molecular weight excluding hydrogens is 358 g/mol. The molecule has 1 N–H and O–H groups in total. The molecule has 1 aromatic heterocycles. The molecule has 1 unspecified atom stereocenters. The first-order chi connectivity index (χ1) is 10.0. The largest absolute Gasteiger partial charge is 0.450 e. The van der Waals surface area contributed by atoms with Gasteiger partial charge in [0.2, 0.25) is 10.0 Å². The second kappa shape index (κ2) is 6.02. The number of halogens is 1. The highest BCUT2D eigenvalue weighted by atomic mass is 79.9. The van der Waals surface area contributed by atoms with Gasteiger partial charge in [0.15, 0.2) is 4.67 Å². The molecule has 5 nitrogen and oxygen atoms in total. The predicted molar refractivity (Wildman–Crippen MR) is 81.2 cm³/mol. The van der Waals surface area contributed by atoms with E-state index in [4.69, 9.17) is 9.52 Å². The van der Waals surface area contributed by atoms with Crippen molar-refractivity contribution in [2.24, 2.45) is 5.92 Å². The van der Waals surface area contributed by atoms with Crippen LogP contribution in [-0.4, -0.2) is 30.4 Å². The van der Waals surface area contributed by atoms with E-state index in [2.05, 4.69) is 15.9 Å². The number of aliphatic hydroxyl groups is 1. The van der Waals surface area contributed by atoms with Gasteiger partial charge in [-0.2, -0.15) is 4.31 Å². The van der Waals surface area contributed by atoms with Crippen molar-refractivity contribution >= 4 is 26.0 Å². The number of hydrogen-bond acceptors (Lipinski definition) is 4. The Morgan fingerprint density at radius 3 is 2.62 bits per heavy atom. The molecule has 0 bridgehead atoms. The fraction of sp³-hybridized carbons (Fsp3) is 0.714. The summed E-state index contributed by atoms with van der Waals surface area (Å²) in [6.07, 6.45) is 6.55. The van der Waals surface area contributed by atoms with E-state index in [1.165, 1.54) is 18.9 Å². The fourth-order valence-corrected chi connectivity index (χ4v) is 6.37. The monoisotopic (exact) mass is 377 g/mol. The lowest BCUT2D eigenvalue weighted by Crippen LogP contribution is -2.39. The van der Waals surface area contributed by atoms with Gasteiger partial charge >= 0.3 is 0 Å². The van der Waals surface area contributed by atoms with Gasteiger partial charge in [0, 0.05) is 18.7 Å². The summed E-state index contributed by atoms with van der Waals surface area (Å²) in [6.45, 7) is 0.274. The first-order valence-electron chi connectivity index (χ1n) is 7.45. The highest BCUT2D eigenvalue weighted by Gasteiger charge is 2.41. The summed E-state index contributed by atoms with van der Waals surface area (Å²) in [5.41, 5.74) is 0. The van der Waals surface area contributed by atoms with E-state index in [0.717, 1.165) is 25.7 Å². The van der Waals surface area contributed by atoms with Gasteiger partial charge in [0.05, 0.1) is 0 Å². The van der Waals surface area contributed by atoms with Crippen LogP contribution in [0, 0.1) is 5.92 Å². The smallest absolute Gasteiger partial charge is 0.247 e. The van der Waals surface area contributed by atoms with Crippen molar-refractivity contribution in [3.8, 4) is 0 Å². The van der Waals surface area contributed by atoms with E-state index in [1.807, 2.05) is 0 Å². The van der Waals surface area contributed by atoms with Crippen molar-refractivity contribution in [1.82, 2.24) is 4.31 Å². The standard InChI is InChI=1S/C14H20BrNO4S/c15-14-13(8-11(9-17)20-14)21(18,19)16-7-3-6-12(16)10-4-1-2-5-10/h8,10,12,17H,1-7,9H2. The van der Waals surface area contributed by atoms with E-state index in [1.54, 1.807) is 4.31 Å². The molecule has 21 heavy (non-hydrogen) atoms. The first kappa shape index (κ1) is 15.5. The van der Waals surface area contributed by atoms with Crippen molar-refractivity contribution in [3.63, 3.8) is 0 Å². The van der Waals surface area contributed by atoms with Gasteiger partial charge in [-0.25, -0.2) is 8.42 Å². The van der Waals surface area contributed by atoms with Crippen molar-refractivity contribution < 1.29 is 17.9 Å². The van der Waals surface area contributed by atoms with E-state index >= 15 is 0 Å². The summed E-state index contributed by atoms with van der Waals surface area (Å²) < 4.78 is 32.9. The summed E-state index contributed by atoms with van der Waals surface area (Å²) in [5.74, 6) is 0.752. The minimum Gasteiger partial charge on any atom is -0.450 e. The lowest BCUT2D eigenvalue weighted by molar-refractivity contribution is 0.245. The van der Waals surface area contributed by atoms with Crippen LogP contribution < -0.4 is 0 Å². The molecule has 3 rings (SSSR count). The first-order valence-corrected chi connectivity index (χ1v) is 9.68. The van der Waals surface area contributed by atoms with Crippen molar-refractivity contribution in [2.45, 2.75) is 56.1 Å². The zero-order valence-electron chi connectivity index (χ0n) is 11.8. The molecule has 0 spiro atoms. The average Bonchev–Trinajstić information content (AvgIpc) is 3.18. The van der Waals surface area contributed by atoms with E-state index in [9.17, 15) is 8.42 Å². The Morgan fingerprint density at radius 2 is 2.00 bits per heavy atom. The zero-order chi connectivity index (χ0) is 15.0. The highest BCUT2D eigenvalue weighted by molar-refractivity contribution is 9.10. The van der Waals surface area contributed by atoms with Gasteiger partial charge < -0.3 is 9.52 Å². The second-order valence-electron chi connectivity index (χ2n) is 5.88. The van der Waals surface area contributed by atoms with Crippen LogP contribution >= 0.6 is 15.9 Å². The van der Waals surface area contributed by atoms with E-state index in [0.29, 0.717) is 12.5 Å². The average molecular weight is 378 g/mol. The summed E-state index contributed by atoms with van der Waals surface area (Å²) in [4.78, 5) is 0.136. The van der Waals surface area contributed by atoms with Crippen LogP contribution in [0.25, 0.3) is 0 Å². The molecular formula is C14H20BrNO4S. The Labute approximate surface area is 133 Å². The third-order valence-corrected chi connectivity index (χ3v) is 7.42. The molecule has 7 heteroatoms. The Bertz CT molecular complexity index is 606. The number of rotatable bonds is 4. The van der Waals surface area contributed by atoms with Crippen molar-refractivity contribution in [3.05, 3.63) is 16.5 Å². The van der Waals surface area contributed by atoms with Crippen LogP contribution in [0.1, 0.15) is 44.3 Å². The maximum Gasteiger partial charge on any atom is 0.247 e. The van der Waals surface area contributed by atoms with Gasteiger partial charge in [-0.05, 0) is 47.5 Å². The van der Waals surface area contributed by atoms with Gasteiger partial charge in [-0.3, -0.25) is 0 Å². The topological polar surface area (TPSA) is 70.8 Å². The molecule has 2 fully saturated rings. The summed E-state index contributed by atoms with van der Waals surface area (Å²) in [6, 6.07) is 1.54. The van der Waals surface area contributed by atoms with Gasteiger partial charge in [-0.15, -0.1) is 0 Å². The van der Waals surface area contributed by atoms with Crippen molar-refractivity contribution in [1.29, 1.82) is 0 Å². The third-order valence-electron chi connectivity index (χ3n) is 4.64. The predicted octanol–water partition coefficient (Wildman–Crippen LogP) is 2.88. The SMILES string of the molecule is O=S(=O)(c1cc(CO)oc1Br)N1CCCC1C1CCCC1. The Hall–Kier alpha value is -0.370. The maximum atomic E-state index is 12.9. The molecule has 0 aromatic carbocycles. The van der Waals surface area contributed by atoms with Gasteiger partial charge in [0.1, 0.15) is 17.3 Å². The van der Waals surface area contributed by atoms with Crippen LogP contribution in [0.2, 0.25) is 0 Å². The quantitative estimate of drug-likeness (QED) is 0.875. The Morgan fingerprint density at radius 1 is 1.29 bits per heavy atom. The molecule has 2 heterocycles. The van der Waals surface area contributed by atoms with Crippen molar-refractivity contribution in [2.75, 3.05) is 6.54 Å². The van der Waals surface area contributed by atoms with Crippen LogP contribution in [0.4, 0.5) is 0 Å². The fourth-order valence-electron chi connectivity index (χ4n) is 3.66. The number of hydrogen-bond donors (Lipinski definition) is 1. The molecule has 1 atom stereocenters. The number of furan rings is 1. The number of nitrogens with zero attached hydrogens (tertiary/aromatic N) is 1. The minimum absolute atomic E-state index is 0.122. The van der Waals surface area contributed by atoms with Crippen LogP contribution in [-0.2, 0) is 16.6 Å². The molecule has 1 saturated carbocycles. The lowest BCUT2D eigenvalue weighted by atomic mass is 9.97. The summed E-state index contributed by atoms with van der Waals surface area (Å²) >= 11 is 3.16.